The molecule has 1 heterocycles. The number of benzene rings is 1. The second-order valence-electron chi connectivity index (χ2n) is 4.63. The monoisotopic (exact) mass is 268 g/mol. The molecular weight excluding hydrogens is 247 g/mol. The minimum Gasteiger partial charge on any atom is -0.496 e. The van der Waals surface area contributed by atoms with E-state index in [1.165, 1.54) is 12.1 Å². The molecule has 1 aromatic carbocycles. The summed E-state index contributed by atoms with van der Waals surface area (Å²) in [6, 6.07) is 2.82. The Morgan fingerprint density at radius 1 is 1.16 bits per heavy atom. The van der Waals surface area contributed by atoms with Gasteiger partial charge in [-0.25, -0.2) is 4.39 Å². The van der Waals surface area contributed by atoms with Crippen molar-refractivity contribution in [2.75, 3.05) is 46.9 Å². The van der Waals surface area contributed by atoms with E-state index in [1.807, 2.05) is 0 Å². The molecule has 0 aliphatic carbocycles. The number of nitrogens with zero attached hydrogens (tertiary/aromatic N) is 1. The molecule has 106 valence electrons. The Labute approximate surface area is 113 Å². The van der Waals surface area contributed by atoms with Crippen LogP contribution >= 0.6 is 0 Å². The lowest BCUT2D eigenvalue weighted by molar-refractivity contribution is 0.242. The summed E-state index contributed by atoms with van der Waals surface area (Å²) in [5.41, 5.74) is 0.935. The van der Waals surface area contributed by atoms with Crippen LogP contribution in [0.15, 0.2) is 12.1 Å². The summed E-state index contributed by atoms with van der Waals surface area (Å²) in [5.74, 6) is 0.790. The Balaban J connectivity index is 2.09. The van der Waals surface area contributed by atoms with Crippen molar-refractivity contribution in [3.8, 4) is 11.5 Å². The van der Waals surface area contributed by atoms with Crippen molar-refractivity contribution in [2.45, 2.75) is 6.42 Å². The van der Waals surface area contributed by atoms with Gasteiger partial charge in [0, 0.05) is 50.4 Å². The number of piperazine rings is 1. The number of hydrogen-bond donors (Lipinski definition) is 1. The van der Waals surface area contributed by atoms with Crippen molar-refractivity contribution in [1.82, 2.24) is 10.2 Å². The highest BCUT2D eigenvalue weighted by Crippen LogP contribution is 2.30. The van der Waals surface area contributed by atoms with Gasteiger partial charge in [0.1, 0.15) is 17.3 Å². The summed E-state index contributed by atoms with van der Waals surface area (Å²) in [4.78, 5) is 2.39. The maximum absolute atomic E-state index is 13.4. The van der Waals surface area contributed by atoms with Gasteiger partial charge in [-0.2, -0.15) is 0 Å². The van der Waals surface area contributed by atoms with Crippen LogP contribution in [0.2, 0.25) is 0 Å². The van der Waals surface area contributed by atoms with Gasteiger partial charge in [0.15, 0.2) is 0 Å². The van der Waals surface area contributed by atoms with E-state index in [1.54, 1.807) is 14.2 Å². The molecule has 1 N–H and O–H groups in total. The van der Waals surface area contributed by atoms with Crippen molar-refractivity contribution in [2.24, 2.45) is 0 Å². The SMILES string of the molecule is COc1cc(F)cc(OC)c1CCN1CCNCC1. The van der Waals surface area contributed by atoms with Crippen LogP contribution in [0.4, 0.5) is 4.39 Å². The molecule has 0 spiro atoms. The van der Waals surface area contributed by atoms with Crippen molar-refractivity contribution >= 4 is 0 Å². The first-order valence-corrected chi connectivity index (χ1v) is 6.58. The van der Waals surface area contributed by atoms with E-state index in [9.17, 15) is 4.39 Å². The minimum atomic E-state index is -0.334. The fourth-order valence-corrected chi connectivity index (χ4v) is 2.40. The summed E-state index contributed by atoms with van der Waals surface area (Å²) in [7, 11) is 3.12. The third-order valence-corrected chi connectivity index (χ3v) is 3.46. The lowest BCUT2D eigenvalue weighted by atomic mass is 10.1. The lowest BCUT2D eigenvalue weighted by Crippen LogP contribution is -2.44. The number of rotatable bonds is 5. The van der Waals surface area contributed by atoms with Crippen LogP contribution < -0.4 is 14.8 Å². The number of hydrogen-bond acceptors (Lipinski definition) is 4. The number of methoxy groups -OCH3 is 2. The Bertz CT molecular complexity index is 395. The van der Waals surface area contributed by atoms with Crippen LogP contribution in [0, 0.1) is 5.82 Å². The van der Waals surface area contributed by atoms with Gasteiger partial charge in [-0.1, -0.05) is 0 Å². The molecule has 0 aromatic heterocycles. The van der Waals surface area contributed by atoms with Crippen molar-refractivity contribution in [3.05, 3.63) is 23.5 Å². The molecule has 1 fully saturated rings. The van der Waals surface area contributed by atoms with Crippen LogP contribution in [0.25, 0.3) is 0 Å². The van der Waals surface area contributed by atoms with Crippen molar-refractivity contribution in [1.29, 1.82) is 0 Å². The van der Waals surface area contributed by atoms with Gasteiger partial charge in [-0.3, -0.25) is 0 Å². The topological polar surface area (TPSA) is 33.7 Å². The van der Waals surface area contributed by atoms with Gasteiger partial charge in [0.05, 0.1) is 14.2 Å². The quantitative estimate of drug-likeness (QED) is 0.872. The smallest absolute Gasteiger partial charge is 0.130 e. The molecule has 0 unspecified atom stereocenters. The first-order chi connectivity index (χ1) is 9.24. The molecule has 0 amide bonds. The molecule has 2 rings (SSSR count). The highest BCUT2D eigenvalue weighted by atomic mass is 19.1. The third-order valence-electron chi connectivity index (χ3n) is 3.46. The van der Waals surface area contributed by atoms with E-state index < -0.39 is 0 Å². The number of ether oxygens (including phenoxy) is 2. The van der Waals surface area contributed by atoms with Crippen LogP contribution in [0.1, 0.15) is 5.56 Å². The van der Waals surface area contributed by atoms with E-state index in [4.69, 9.17) is 9.47 Å². The summed E-state index contributed by atoms with van der Waals surface area (Å²) in [5, 5.41) is 3.32. The zero-order chi connectivity index (χ0) is 13.7. The maximum Gasteiger partial charge on any atom is 0.130 e. The van der Waals surface area contributed by atoms with E-state index in [-0.39, 0.29) is 5.82 Å². The predicted molar refractivity (Wildman–Crippen MR) is 72.5 cm³/mol. The lowest BCUT2D eigenvalue weighted by Gasteiger charge is -2.27. The first-order valence-electron chi connectivity index (χ1n) is 6.58. The highest BCUT2D eigenvalue weighted by molar-refractivity contribution is 5.45. The fraction of sp³-hybridized carbons (Fsp3) is 0.571. The van der Waals surface area contributed by atoms with Crippen molar-refractivity contribution < 1.29 is 13.9 Å². The second kappa shape index (κ2) is 6.73. The Morgan fingerprint density at radius 2 is 1.74 bits per heavy atom. The largest absolute Gasteiger partial charge is 0.496 e. The molecule has 4 nitrogen and oxygen atoms in total. The summed E-state index contributed by atoms with van der Waals surface area (Å²) >= 11 is 0. The van der Waals surface area contributed by atoms with E-state index in [0.29, 0.717) is 11.5 Å². The standard InChI is InChI=1S/C14H21FN2O2/c1-18-13-9-11(15)10-14(19-2)12(13)3-6-17-7-4-16-5-8-17/h9-10,16H,3-8H2,1-2H3. The van der Waals surface area contributed by atoms with Gasteiger partial charge in [-0.05, 0) is 6.42 Å². The van der Waals surface area contributed by atoms with Gasteiger partial charge < -0.3 is 19.7 Å². The van der Waals surface area contributed by atoms with Crippen molar-refractivity contribution in [3.63, 3.8) is 0 Å². The molecule has 1 aromatic rings. The molecule has 1 aliphatic rings. The summed E-state index contributed by atoms with van der Waals surface area (Å²) in [6.45, 7) is 5.08. The highest BCUT2D eigenvalue weighted by Gasteiger charge is 2.15. The normalized spacial score (nSPS) is 16.4. The zero-order valence-corrected chi connectivity index (χ0v) is 11.5. The van der Waals surface area contributed by atoms with Gasteiger partial charge in [0.2, 0.25) is 0 Å². The van der Waals surface area contributed by atoms with Crippen LogP contribution in [-0.2, 0) is 6.42 Å². The van der Waals surface area contributed by atoms with Crippen LogP contribution in [-0.4, -0.2) is 51.8 Å². The van der Waals surface area contributed by atoms with Gasteiger partial charge in [0.25, 0.3) is 0 Å². The predicted octanol–water partition coefficient (Wildman–Crippen LogP) is 1.29. The minimum absolute atomic E-state index is 0.334. The Kier molecular flexibility index (Phi) is 4.99. The first kappa shape index (κ1) is 14.1. The molecular formula is C14H21FN2O2. The van der Waals surface area contributed by atoms with Crippen LogP contribution in [0.5, 0.6) is 11.5 Å². The number of halogens is 1. The molecule has 0 radical (unpaired) electrons. The fourth-order valence-electron chi connectivity index (χ4n) is 2.40. The zero-order valence-electron chi connectivity index (χ0n) is 11.5. The molecule has 19 heavy (non-hydrogen) atoms. The van der Waals surface area contributed by atoms with E-state index in [0.717, 1.165) is 44.7 Å². The number of nitrogens with one attached hydrogen (secondary N) is 1. The molecule has 5 heteroatoms. The average Bonchev–Trinajstić information content (AvgIpc) is 2.46. The van der Waals surface area contributed by atoms with Gasteiger partial charge >= 0.3 is 0 Å². The Hall–Kier alpha value is -1.33. The van der Waals surface area contributed by atoms with Gasteiger partial charge in [-0.15, -0.1) is 0 Å². The third kappa shape index (κ3) is 3.58. The second-order valence-corrected chi connectivity index (χ2v) is 4.63. The summed E-state index contributed by atoms with van der Waals surface area (Å²) < 4.78 is 23.9. The van der Waals surface area contributed by atoms with E-state index in [2.05, 4.69) is 10.2 Å². The molecule has 0 bridgehead atoms. The van der Waals surface area contributed by atoms with E-state index >= 15 is 0 Å². The molecule has 1 aliphatic heterocycles. The Morgan fingerprint density at radius 3 is 2.26 bits per heavy atom. The average molecular weight is 268 g/mol. The molecule has 1 saturated heterocycles. The molecule has 0 saturated carbocycles. The molecule has 0 atom stereocenters. The maximum atomic E-state index is 13.4. The van der Waals surface area contributed by atoms with Crippen LogP contribution in [0.3, 0.4) is 0 Å². The summed E-state index contributed by atoms with van der Waals surface area (Å²) in [6.07, 6.45) is 0.798.